The monoisotopic (exact) mass is 200 g/mol. The fourth-order valence-electron chi connectivity index (χ4n) is 4.01. The van der Waals surface area contributed by atoms with Crippen molar-refractivity contribution in [2.45, 2.75) is 36.2 Å². The van der Waals surface area contributed by atoms with Gasteiger partial charge in [0.15, 0.2) is 0 Å². The topological polar surface area (TPSA) is 0 Å². The second-order valence-corrected chi connectivity index (χ2v) is 6.31. The van der Waals surface area contributed by atoms with Gasteiger partial charge in [-0.25, -0.2) is 0 Å². The number of fused-ring (bicyclic) bond motifs is 5. The predicted molar refractivity (Wildman–Crippen MR) is 58.0 cm³/mol. The number of hydrogen-bond acceptors (Lipinski definition) is 2. The van der Waals surface area contributed by atoms with Crippen molar-refractivity contribution >= 4 is 25.3 Å². The molecule has 3 saturated carbocycles. The first-order chi connectivity index (χ1) is 5.75. The number of thiol groups is 2. The molecule has 6 unspecified atom stereocenters. The molecule has 3 rings (SSSR count). The molecule has 6 atom stereocenters. The molecule has 0 aliphatic heterocycles. The standard InChI is InChI=1S/C10H16S2/c11-6-3-7-5-1-9(8(7)4-6)10(12)2-5/h5-12H,1-4H2. The minimum atomic E-state index is 0.712. The van der Waals surface area contributed by atoms with E-state index in [4.69, 9.17) is 0 Å². The van der Waals surface area contributed by atoms with Crippen LogP contribution in [0, 0.1) is 23.7 Å². The van der Waals surface area contributed by atoms with Crippen LogP contribution in [0.1, 0.15) is 25.7 Å². The lowest BCUT2D eigenvalue weighted by atomic mass is 9.81. The molecule has 3 aliphatic carbocycles. The lowest BCUT2D eigenvalue weighted by Crippen LogP contribution is -2.24. The van der Waals surface area contributed by atoms with E-state index in [9.17, 15) is 0 Å². The van der Waals surface area contributed by atoms with Crippen LogP contribution < -0.4 is 0 Å². The molecule has 68 valence electrons. The second kappa shape index (κ2) is 2.60. The Morgan fingerprint density at radius 2 is 1.50 bits per heavy atom. The fourth-order valence-corrected chi connectivity index (χ4v) is 5.11. The van der Waals surface area contributed by atoms with Crippen molar-refractivity contribution in [1.29, 1.82) is 0 Å². The maximum absolute atomic E-state index is 4.68. The van der Waals surface area contributed by atoms with Crippen LogP contribution in [-0.4, -0.2) is 10.5 Å². The van der Waals surface area contributed by atoms with Crippen LogP contribution >= 0.6 is 25.3 Å². The molecule has 0 heterocycles. The lowest BCUT2D eigenvalue weighted by molar-refractivity contribution is 0.267. The van der Waals surface area contributed by atoms with Crippen LogP contribution in [0.5, 0.6) is 0 Å². The molecule has 3 aliphatic rings. The Kier molecular flexibility index (Phi) is 1.74. The summed E-state index contributed by atoms with van der Waals surface area (Å²) in [6.07, 6.45) is 5.67. The Balaban J connectivity index is 1.86. The summed E-state index contributed by atoms with van der Waals surface area (Å²) in [5.74, 6) is 4.04. The van der Waals surface area contributed by atoms with Crippen LogP contribution in [0.2, 0.25) is 0 Å². The molecular formula is C10H16S2. The zero-order valence-electron chi connectivity index (χ0n) is 7.19. The molecule has 0 spiro atoms. The van der Waals surface area contributed by atoms with E-state index in [1.54, 1.807) is 0 Å². The van der Waals surface area contributed by atoms with Gasteiger partial charge in [-0.05, 0) is 49.4 Å². The highest BCUT2D eigenvalue weighted by molar-refractivity contribution is 7.81. The summed E-state index contributed by atoms with van der Waals surface area (Å²) >= 11 is 9.30. The second-order valence-electron chi connectivity index (χ2n) is 4.92. The molecular weight excluding hydrogens is 184 g/mol. The zero-order chi connectivity index (χ0) is 8.29. The van der Waals surface area contributed by atoms with Gasteiger partial charge < -0.3 is 0 Å². The smallest absolute Gasteiger partial charge is 0.00506 e. The molecule has 0 N–H and O–H groups in total. The van der Waals surface area contributed by atoms with Crippen molar-refractivity contribution in [3.05, 3.63) is 0 Å². The maximum Gasteiger partial charge on any atom is 0.00506 e. The summed E-state index contributed by atoms with van der Waals surface area (Å²) in [6, 6.07) is 0. The number of rotatable bonds is 0. The third kappa shape index (κ3) is 0.942. The summed E-state index contributed by atoms with van der Waals surface area (Å²) < 4.78 is 0. The first kappa shape index (κ1) is 8.05. The van der Waals surface area contributed by atoms with E-state index in [-0.39, 0.29) is 0 Å². The van der Waals surface area contributed by atoms with Gasteiger partial charge in [0.05, 0.1) is 0 Å². The molecule has 0 aromatic carbocycles. The SMILES string of the molecule is SC1CC2C3CC(S)C(C3)C2C1. The lowest BCUT2D eigenvalue weighted by Gasteiger charge is -2.28. The van der Waals surface area contributed by atoms with Gasteiger partial charge in [0.25, 0.3) is 0 Å². The molecule has 0 amide bonds. The van der Waals surface area contributed by atoms with Crippen LogP contribution in [0.4, 0.5) is 0 Å². The van der Waals surface area contributed by atoms with Crippen LogP contribution in [0.3, 0.4) is 0 Å². The third-order valence-electron chi connectivity index (χ3n) is 4.41. The summed E-state index contributed by atoms with van der Waals surface area (Å²) in [5, 5.41) is 1.44. The Morgan fingerprint density at radius 1 is 0.750 bits per heavy atom. The van der Waals surface area contributed by atoms with E-state index in [1.165, 1.54) is 25.7 Å². The van der Waals surface area contributed by atoms with Gasteiger partial charge >= 0.3 is 0 Å². The highest BCUT2D eigenvalue weighted by Gasteiger charge is 2.54. The first-order valence-electron chi connectivity index (χ1n) is 5.12. The minimum absolute atomic E-state index is 0.712. The first-order valence-corrected chi connectivity index (χ1v) is 6.15. The van der Waals surface area contributed by atoms with Gasteiger partial charge in [0, 0.05) is 10.5 Å². The Labute approximate surface area is 85.3 Å². The van der Waals surface area contributed by atoms with Crippen molar-refractivity contribution in [3.8, 4) is 0 Å². The fraction of sp³-hybridized carbons (Fsp3) is 1.00. The average Bonchev–Trinajstić information content (AvgIpc) is 2.57. The Hall–Kier alpha value is 0.700. The summed E-state index contributed by atoms with van der Waals surface area (Å²) in [6.45, 7) is 0. The van der Waals surface area contributed by atoms with Gasteiger partial charge in [-0.15, -0.1) is 0 Å². The Bertz CT molecular complexity index is 200. The molecule has 2 heteroatoms. The van der Waals surface area contributed by atoms with E-state index in [2.05, 4.69) is 25.3 Å². The molecule has 0 saturated heterocycles. The van der Waals surface area contributed by atoms with Crippen molar-refractivity contribution in [1.82, 2.24) is 0 Å². The molecule has 0 aromatic heterocycles. The Morgan fingerprint density at radius 3 is 2.33 bits per heavy atom. The van der Waals surface area contributed by atoms with E-state index in [1.807, 2.05) is 0 Å². The van der Waals surface area contributed by atoms with Gasteiger partial charge in [0.2, 0.25) is 0 Å². The molecule has 0 radical (unpaired) electrons. The molecule has 0 aromatic rings. The van der Waals surface area contributed by atoms with Crippen LogP contribution in [0.15, 0.2) is 0 Å². The summed E-state index contributed by atoms with van der Waals surface area (Å²) in [7, 11) is 0. The third-order valence-corrected chi connectivity index (χ3v) is 5.42. The number of hydrogen-bond donors (Lipinski definition) is 2. The van der Waals surface area contributed by atoms with Gasteiger partial charge in [-0.3, -0.25) is 0 Å². The van der Waals surface area contributed by atoms with Crippen molar-refractivity contribution < 1.29 is 0 Å². The minimum Gasteiger partial charge on any atom is -0.176 e. The molecule has 2 bridgehead atoms. The summed E-state index contributed by atoms with van der Waals surface area (Å²) in [5.41, 5.74) is 0. The highest BCUT2D eigenvalue weighted by atomic mass is 32.1. The van der Waals surface area contributed by atoms with E-state index in [0.29, 0.717) is 5.25 Å². The average molecular weight is 200 g/mol. The van der Waals surface area contributed by atoms with E-state index < -0.39 is 0 Å². The van der Waals surface area contributed by atoms with Crippen LogP contribution in [-0.2, 0) is 0 Å². The van der Waals surface area contributed by atoms with Crippen molar-refractivity contribution in [2.24, 2.45) is 23.7 Å². The van der Waals surface area contributed by atoms with Crippen molar-refractivity contribution in [3.63, 3.8) is 0 Å². The maximum atomic E-state index is 4.68. The van der Waals surface area contributed by atoms with Crippen molar-refractivity contribution in [2.75, 3.05) is 0 Å². The largest absolute Gasteiger partial charge is 0.176 e. The molecule has 12 heavy (non-hydrogen) atoms. The van der Waals surface area contributed by atoms with Gasteiger partial charge in [0.1, 0.15) is 0 Å². The molecule has 0 nitrogen and oxygen atoms in total. The van der Waals surface area contributed by atoms with Gasteiger partial charge in [-0.1, -0.05) is 0 Å². The quantitative estimate of drug-likeness (QED) is 0.552. The summed E-state index contributed by atoms with van der Waals surface area (Å²) in [4.78, 5) is 0. The normalized spacial score (nSPS) is 62.5. The van der Waals surface area contributed by atoms with Gasteiger partial charge in [-0.2, -0.15) is 25.3 Å². The van der Waals surface area contributed by atoms with E-state index in [0.717, 1.165) is 28.9 Å². The highest BCUT2D eigenvalue weighted by Crippen LogP contribution is 2.60. The molecule has 3 fully saturated rings. The predicted octanol–water partition coefficient (Wildman–Crippen LogP) is 2.65. The van der Waals surface area contributed by atoms with Crippen LogP contribution in [0.25, 0.3) is 0 Å². The zero-order valence-corrected chi connectivity index (χ0v) is 8.98. The van der Waals surface area contributed by atoms with E-state index >= 15 is 0 Å².